The standard InChI is InChI=1S/C14H31N5O2/c1-13(2)10-16-4-6-20-8-9-21-7-5-19-12-14(11-15-3)17-18-19/h13-16H,4-12H2,1-3H3. The van der Waals surface area contributed by atoms with E-state index in [9.17, 15) is 0 Å². The van der Waals surface area contributed by atoms with Gasteiger partial charge < -0.3 is 20.1 Å². The molecule has 0 spiro atoms. The Morgan fingerprint density at radius 2 is 1.95 bits per heavy atom. The Hall–Kier alpha value is -0.760. The lowest BCUT2D eigenvalue weighted by molar-refractivity contribution is 0.0404. The highest BCUT2D eigenvalue weighted by Gasteiger charge is 2.17. The van der Waals surface area contributed by atoms with Crippen LogP contribution in [0.4, 0.5) is 0 Å². The summed E-state index contributed by atoms with van der Waals surface area (Å²) in [6.07, 6.45) is 0. The SMILES string of the molecule is CNCC1CN(CCOCCOCCNCC(C)C)N=N1. The van der Waals surface area contributed by atoms with E-state index in [2.05, 4.69) is 34.8 Å². The molecule has 0 aliphatic carbocycles. The molecule has 1 atom stereocenters. The zero-order valence-electron chi connectivity index (χ0n) is 13.7. The van der Waals surface area contributed by atoms with E-state index in [1.807, 2.05) is 12.1 Å². The maximum Gasteiger partial charge on any atom is 0.104 e. The molecule has 0 bridgehead atoms. The molecule has 1 heterocycles. The van der Waals surface area contributed by atoms with Gasteiger partial charge in [0.05, 0.1) is 39.5 Å². The second-order valence-corrected chi connectivity index (χ2v) is 5.65. The summed E-state index contributed by atoms with van der Waals surface area (Å²) in [5.41, 5.74) is 0. The van der Waals surface area contributed by atoms with E-state index < -0.39 is 0 Å². The third-order valence-electron chi connectivity index (χ3n) is 3.04. The number of nitrogens with zero attached hydrogens (tertiary/aromatic N) is 3. The van der Waals surface area contributed by atoms with Gasteiger partial charge in [0.15, 0.2) is 0 Å². The number of ether oxygens (including phenoxy) is 2. The Balaban J connectivity index is 1.80. The minimum atomic E-state index is 0.275. The van der Waals surface area contributed by atoms with E-state index in [-0.39, 0.29) is 6.04 Å². The summed E-state index contributed by atoms with van der Waals surface area (Å²) in [6.45, 7) is 11.6. The smallest absolute Gasteiger partial charge is 0.104 e. The van der Waals surface area contributed by atoms with E-state index in [0.717, 1.165) is 39.3 Å². The molecule has 0 amide bonds. The minimum absolute atomic E-state index is 0.275. The second-order valence-electron chi connectivity index (χ2n) is 5.65. The largest absolute Gasteiger partial charge is 0.378 e. The number of likely N-dealkylation sites (N-methyl/N-ethyl adjacent to an activating group) is 1. The van der Waals surface area contributed by atoms with Gasteiger partial charge in [0.1, 0.15) is 6.04 Å². The quantitative estimate of drug-likeness (QED) is 0.486. The highest BCUT2D eigenvalue weighted by molar-refractivity contribution is 4.74. The molecule has 0 aromatic rings. The Morgan fingerprint density at radius 1 is 1.19 bits per heavy atom. The number of hydrogen-bond acceptors (Lipinski definition) is 7. The molecule has 0 aromatic heterocycles. The van der Waals surface area contributed by atoms with E-state index >= 15 is 0 Å². The highest BCUT2D eigenvalue weighted by Crippen LogP contribution is 2.06. The van der Waals surface area contributed by atoms with Crippen LogP contribution in [-0.2, 0) is 9.47 Å². The van der Waals surface area contributed by atoms with Crippen LogP contribution in [0.15, 0.2) is 10.3 Å². The first-order valence-electron chi connectivity index (χ1n) is 7.89. The maximum atomic E-state index is 5.53. The van der Waals surface area contributed by atoms with Gasteiger partial charge in [0.2, 0.25) is 0 Å². The summed E-state index contributed by atoms with van der Waals surface area (Å²) >= 11 is 0. The fraction of sp³-hybridized carbons (Fsp3) is 1.00. The van der Waals surface area contributed by atoms with Crippen molar-refractivity contribution >= 4 is 0 Å². The summed E-state index contributed by atoms with van der Waals surface area (Å²) < 4.78 is 11.0. The molecule has 1 aliphatic rings. The predicted octanol–water partition coefficient (Wildman–Crippen LogP) is 0.536. The van der Waals surface area contributed by atoms with E-state index in [1.165, 1.54) is 0 Å². The van der Waals surface area contributed by atoms with Gasteiger partial charge in [0, 0.05) is 13.1 Å². The summed E-state index contributed by atoms with van der Waals surface area (Å²) in [4.78, 5) is 0. The second kappa shape index (κ2) is 11.9. The topological polar surface area (TPSA) is 70.5 Å². The van der Waals surface area contributed by atoms with Crippen molar-refractivity contribution < 1.29 is 9.47 Å². The molecular weight excluding hydrogens is 270 g/mol. The van der Waals surface area contributed by atoms with Gasteiger partial charge in [0.25, 0.3) is 0 Å². The number of rotatable bonds is 13. The fourth-order valence-electron chi connectivity index (χ4n) is 1.97. The molecule has 1 unspecified atom stereocenters. The third kappa shape index (κ3) is 9.73. The molecule has 7 nitrogen and oxygen atoms in total. The Kier molecular flexibility index (Phi) is 10.3. The summed E-state index contributed by atoms with van der Waals surface area (Å²) in [6, 6.07) is 0.275. The van der Waals surface area contributed by atoms with Gasteiger partial charge in [-0.25, -0.2) is 0 Å². The van der Waals surface area contributed by atoms with Gasteiger partial charge in [-0.1, -0.05) is 19.1 Å². The Bertz CT molecular complexity index is 276. The molecule has 1 aliphatic heterocycles. The summed E-state index contributed by atoms with van der Waals surface area (Å²) in [7, 11) is 1.93. The molecule has 7 heteroatoms. The average Bonchev–Trinajstić information content (AvgIpc) is 2.88. The Labute approximate surface area is 128 Å². The van der Waals surface area contributed by atoms with Crippen LogP contribution < -0.4 is 10.6 Å². The van der Waals surface area contributed by atoms with Crippen LogP contribution >= 0.6 is 0 Å². The molecule has 0 radical (unpaired) electrons. The molecule has 21 heavy (non-hydrogen) atoms. The number of nitrogens with one attached hydrogen (secondary N) is 2. The van der Waals surface area contributed by atoms with Gasteiger partial charge in [-0.15, -0.1) is 0 Å². The third-order valence-corrected chi connectivity index (χ3v) is 3.04. The molecular formula is C14H31N5O2. The van der Waals surface area contributed by atoms with Crippen molar-refractivity contribution in [2.45, 2.75) is 19.9 Å². The zero-order chi connectivity index (χ0) is 15.3. The van der Waals surface area contributed by atoms with Crippen LogP contribution in [0.2, 0.25) is 0 Å². The lowest BCUT2D eigenvalue weighted by Crippen LogP contribution is -2.30. The summed E-state index contributed by atoms with van der Waals surface area (Å²) in [5, 5.41) is 16.7. The van der Waals surface area contributed by atoms with Crippen LogP contribution in [0.5, 0.6) is 0 Å². The van der Waals surface area contributed by atoms with Gasteiger partial charge in [-0.3, -0.25) is 5.01 Å². The van der Waals surface area contributed by atoms with E-state index in [1.54, 1.807) is 0 Å². The van der Waals surface area contributed by atoms with Crippen LogP contribution in [0.25, 0.3) is 0 Å². The zero-order valence-corrected chi connectivity index (χ0v) is 13.7. The van der Waals surface area contributed by atoms with Crippen molar-refractivity contribution in [1.29, 1.82) is 0 Å². The fourth-order valence-corrected chi connectivity index (χ4v) is 1.97. The monoisotopic (exact) mass is 301 g/mol. The maximum absolute atomic E-state index is 5.53. The molecule has 0 saturated carbocycles. The van der Waals surface area contributed by atoms with Crippen LogP contribution in [-0.4, -0.2) is 77.2 Å². The highest BCUT2D eigenvalue weighted by atomic mass is 16.5. The van der Waals surface area contributed by atoms with Gasteiger partial charge >= 0.3 is 0 Å². The average molecular weight is 301 g/mol. The molecule has 0 saturated heterocycles. The molecule has 0 aromatic carbocycles. The molecule has 1 rings (SSSR count). The van der Waals surface area contributed by atoms with E-state index in [0.29, 0.717) is 25.7 Å². The lowest BCUT2D eigenvalue weighted by atomic mass is 10.2. The van der Waals surface area contributed by atoms with Gasteiger partial charge in [-0.2, -0.15) is 5.11 Å². The molecule has 0 fully saturated rings. The lowest BCUT2D eigenvalue weighted by Gasteiger charge is -2.13. The Morgan fingerprint density at radius 3 is 2.67 bits per heavy atom. The predicted molar refractivity (Wildman–Crippen MR) is 83.5 cm³/mol. The van der Waals surface area contributed by atoms with Crippen LogP contribution in [0.3, 0.4) is 0 Å². The summed E-state index contributed by atoms with van der Waals surface area (Å²) in [5.74, 6) is 0.684. The van der Waals surface area contributed by atoms with Crippen molar-refractivity contribution in [3.8, 4) is 0 Å². The normalized spacial score (nSPS) is 18.1. The first kappa shape index (κ1) is 18.3. The van der Waals surface area contributed by atoms with Crippen molar-refractivity contribution in [2.24, 2.45) is 16.3 Å². The van der Waals surface area contributed by atoms with Crippen molar-refractivity contribution in [3.63, 3.8) is 0 Å². The van der Waals surface area contributed by atoms with E-state index in [4.69, 9.17) is 9.47 Å². The van der Waals surface area contributed by atoms with Gasteiger partial charge in [-0.05, 0) is 19.5 Å². The van der Waals surface area contributed by atoms with Crippen LogP contribution in [0, 0.1) is 5.92 Å². The molecule has 124 valence electrons. The number of hydrogen-bond donors (Lipinski definition) is 2. The van der Waals surface area contributed by atoms with Crippen molar-refractivity contribution in [1.82, 2.24) is 15.6 Å². The first-order valence-corrected chi connectivity index (χ1v) is 7.89. The van der Waals surface area contributed by atoms with Crippen molar-refractivity contribution in [3.05, 3.63) is 0 Å². The van der Waals surface area contributed by atoms with Crippen molar-refractivity contribution in [2.75, 3.05) is 66.2 Å². The molecule has 2 N–H and O–H groups in total. The minimum Gasteiger partial charge on any atom is -0.378 e. The van der Waals surface area contributed by atoms with Crippen LogP contribution in [0.1, 0.15) is 13.8 Å². The first-order chi connectivity index (χ1) is 10.2.